The van der Waals surface area contributed by atoms with Crippen LogP contribution in [0.15, 0.2) is 28.7 Å². The molecule has 1 nitrogen and oxygen atoms in total. The van der Waals surface area contributed by atoms with E-state index in [1.54, 1.807) is 18.2 Å². The Kier molecular flexibility index (Phi) is 3.33. The summed E-state index contributed by atoms with van der Waals surface area (Å²) >= 11 is 8.78. The summed E-state index contributed by atoms with van der Waals surface area (Å²) in [4.78, 5) is 0. The van der Waals surface area contributed by atoms with Crippen molar-refractivity contribution in [3.05, 3.63) is 39.3 Å². The fourth-order valence-electron chi connectivity index (χ4n) is 0.738. The maximum absolute atomic E-state index is 8.46. The molecule has 0 aliphatic rings. The number of allylic oxidation sites excluding steroid dienone is 1. The number of rotatable bonds is 1. The Morgan fingerprint density at radius 3 is 2.50 bits per heavy atom. The Hall–Kier alpha value is -0.780. The Labute approximate surface area is 84.4 Å². The Bertz CT molecular complexity index is 335. The molecule has 1 aromatic carbocycles. The zero-order chi connectivity index (χ0) is 8.97. The summed E-state index contributed by atoms with van der Waals surface area (Å²) in [6.45, 7) is 0. The lowest BCUT2D eigenvalue weighted by atomic mass is 10.2. The van der Waals surface area contributed by atoms with Crippen LogP contribution in [0, 0.1) is 11.3 Å². The van der Waals surface area contributed by atoms with Crippen molar-refractivity contribution in [3.8, 4) is 6.07 Å². The van der Waals surface area contributed by atoms with E-state index < -0.39 is 0 Å². The molecule has 0 aliphatic carbocycles. The van der Waals surface area contributed by atoms with Crippen LogP contribution in [0.3, 0.4) is 0 Å². The first-order valence-corrected chi connectivity index (χ1v) is 4.42. The molecule has 0 saturated heterocycles. The van der Waals surface area contributed by atoms with E-state index in [2.05, 4.69) is 15.9 Å². The SMILES string of the molecule is N#C/C(Br)=C/c1ccc(Cl)cc1. The van der Waals surface area contributed by atoms with Crippen molar-refractivity contribution in [1.29, 1.82) is 5.26 Å². The van der Waals surface area contributed by atoms with Crippen molar-refractivity contribution in [3.63, 3.8) is 0 Å². The highest BCUT2D eigenvalue weighted by molar-refractivity contribution is 9.12. The average Bonchev–Trinajstić information content (AvgIpc) is 2.09. The number of benzene rings is 1. The largest absolute Gasteiger partial charge is 0.192 e. The molecule has 60 valence electrons. The van der Waals surface area contributed by atoms with Gasteiger partial charge in [-0.25, -0.2) is 0 Å². The lowest BCUT2D eigenvalue weighted by Gasteiger charge is -1.92. The second-order valence-corrected chi connectivity index (χ2v) is 3.45. The van der Waals surface area contributed by atoms with Gasteiger partial charge in [-0.15, -0.1) is 0 Å². The van der Waals surface area contributed by atoms with Crippen LogP contribution in [-0.4, -0.2) is 0 Å². The molecule has 1 rings (SSSR count). The molecule has 0 spiro atoms. The average molecular weight is 243 g/mol. The van der Waals surface area contributed by atoms with Crippen molar-refractivity contribution in [2.75, 3.05) is 0 Å². The molecule has 0 aromatic heterocycles. The molecule has 1 aromatic rings. The lowest BCUT2D eigenvalue weighted by molar-refractivity contribution is 1.53. The molecule has 0 heterocycles. The van der Waals surface area contributed by atoms with Crippen LogP contribution in [0.5, 0.6) is 0 Å². The first-order chi connectivity index (χ1) is 5.72. The molecule has 0 saturated carbocycles. The molecule has 0 aliphatic heterocycles. The van der Waals surface area contributed by atoms with E-state index in [9.17, 15) is 0 Å². The summed E-state index contributed by atoms with van der Waals surface area (Å²) in [5.74, 6) is 0. The summed E-state index contributed by atoms with van der Waals surface area (Å²) in [6.07, 6.45) is 1.73. The molecule has 3 heteroatoms. The highest BCUT2D eigenvalue weighted by Crippen LogP contribution is 2.14. The van der Waals surface area contributed by atoms with E-state index in [1.807, 2.05) is 18.2 Å². The molecule has 0 N–H and O–H groups in total. The minimum absolute atomic E-state index is 0.504. The predicted molar refractivity (Wildman–Crippen MR) is 54.0 cm³/mol. The van der Waals surface area contributed by atoms with E-state index in [4.69, 9.17) is 16.9 Å². The van der Waals surface area contributed by atoms with E-state index in [1.165, 1.54) is 0 Å². The van der Waals surface area contributed by atoms with Crippen molar-refractivity contribution in [1.82, 2.24) is 0 Å². The molecular formula is C9H5BrClN. The van der Waals surface area contributed by atoms with Gasteiger partial charge in [0.05, 0.1) is 4.48 Å². The predicted octanol–water partition coefficient (Wildman–Crippen LogP) is 3.60. The molecule has 0 bridgehead atoms. The van der Waals surface area contributed by atoms with Gasteiger partial charge in [0.25, 0.3) is 0 Å². The second kappa shape index (κ2) is 4.30. The maximum Gasteiger partial charge on any atom is 0.107 e. The first-order valence-electron chi connectivity index (χ1n) is 3.25. The third-order valence-electron chi connectivity index (χ3n) is 1.27. The van der Waals surface area contributed by atoms with E-state index >= 15 is 0 Å². The van der Waals surface area contributed by atoms with Crippen molar-refractivity contribution < 1.29 is 0 Å². The number of halogens is 2. The second-order valence-electron chi connectivity index (χ2n) is 2.16. The maximum atomic E-state index is 8.46. The summed E-state index contributed by atoms with van der Waals surface area (Å²) in [7, 11) is 0. The van der Waals surface area contributed by atoms with Crippen LogP contribution >= 0.6 is 27.5 Å². The van der Waals surface area contributed by atoms with Gasteiger partial charge < -0.3 is 0 Å². The summed E-state index contributed by atoms with van der Waals surface area (Å²) in [5, 5.41) is 9.15. The Balaban J connectivity index is 2.93. The molecule has 0 atom stereocenters. The molecule has 0 radical (unpaired) electrons. The van der Waals surface area contributed by atoms with Crippen LogP contribution in [0.25, 0.3) is 6.08 Å². The smallest absolute Gasteiger partial charge is 0.107 e. The van der Waals surface area contributed by atoms with Gasteiger partial charge in [0.15, 0.2) is 0 Å². The highest BCUT2D eigenvalue weighted by atomic mass is 79.9. The van der Waals surface area contributed by atoms with Gasteiger partial charge in [-0.05, 0) is 39.7 Å². The van der Waals surface area contributed by atoms with Gasteiger partial charge >= 0.3 is 0 Å². The minimum Gasteiger partial charge on any atom is -0.192 e. The van der Waals surface area contributed by atoms with Crippen molar-refractivity contribution >= 4 is 33.6 Å². The number of hydrogen-bond donors (Lipinski definition) is 0. The fourth-order valence-corrected chi connectivity index (χ4v) is 1.13. The van der Waals surface area contributed by atoms with E-state index in [-0.39, 0.29) is 0 Å². The van der Waals surface area contributed by atoms with Gasteiger partial charge in [0.1, 0.15) is 6.07 Å². The third-order valence-corrected chi connectivity index (χ3v) is 1.93. The van der Waals surface area contributed by atoms with Gasteiger partial charge in [0.2, 0.25) is 0 Å². The standard InChI is InChI=1S/C9H5BrClN/c10-8(6-12)5-7-1-3-9(11)4-2-7/h1-5H/b8-5-. The zero-order valence-corrected chi connectivity index (χ0v) is 8.43. The van der Waals surface area contributed by atoms with Gasteiger partial charge in [-0.3, -0.25) is 0 Å². The molecule has 0 amide bonds. The third kappa shape index (κ3) is 2.69. The summed E-state index contributed by atoms with van der Waals surface area (Å²) in [6, 6.07) is 9.23. The number of nitrogens with zero attached hydrogens (tertiary/aromatic N) is 1. The molecule has 12 heavy (non-hydrogen) atoms. The van der Waals surface area contributed by atoms with Gasteiger partial charge in [-0.1, -0.05) is 23.7 Å². The van der Waals surface area contributed by atoms with Crippen LogP contribution in [0.4, 0.5) is 0 Å². The molecule has 0 fully saturated rings. The molecule has 0 unspecified atom stereocenters. The van der Waals surface area contributed by atoms with Gasteiger partial charge in [-0.2, -0.15) is 5.26 Å². The Morgan fingerprint density at radius 2 is 2.00 bits per heavy atom. The monoisotopic (exact) mass is 241 g/mol. The first kappa shape index (κ1) is 9.31. The topological polar surface area (TPSA) is 23.8 Å². The minimum atomic E-state index is 0.504. The van der Waals surface area contributed by atoms with E-state index in [0.717, 1.165) is 5.56 Å². The van der Waals surface area contributed by atoms with Crippen LogP contribution in [0.1, 0.15) is 5.56 Å². The van der Waals surface area contributed by atoms with Crippen LogP contribution < -0.4 is 0 Å². The quantitative estimate of drug-likeness (QED) is 0.690. The van der Waals surface area contributed by atoms with Crippen molar-refractivity contribution in [2.45, 2.75) is 0 Å². The lowest BCUT2D eigenvalue weighted by Crippen LogP contribution is -1.71. The van der Waals surface area contributed by atoms with Crippen molar-refractivity contribution in [2.24, 2.45) is 0 Å². The molecular weight excluding hydrogens is 237 g/mol. The summed E-state index contributed by atoms with van der Waals surface area (Å²) in [5.41, 5.74) is 0.952. The number of nitriles is 1. The zero-order valence-electron chi connectivity index (χ0n) is 6.09. The fraction of sp³-hybridized carbons (Fsp3) is 0. The Morgan fingerprint density at radius 1 is 1.42 bits per heavy atom. The van der Waals surface area contributed by atoms with Crippen LogP contribution in [-0.2, 0) is 0 Å². The van der Waals surface area contributed by atoms with E-state index in [0.29, 0.717) is 9.51 Å². The van der Waals surface area contributed by atoms with Gasteiger partial charge in [0, 0.05) is 5.02 Å². The highest BCUT2D eigenvalue weighted by Gasteiger charge is 1.90. The summed E-state index contributed by atoms with van der Waals surface area (Å²) < 4.78 is 0.504. The number of hydrogen-bond acceptors (Lipinski definition) is 1. The van der Waals surface area contributed by atoms with Crippen LogP contribution in [0.2, 0.25) is 5.02 Å². The normalized spacial score (nSPS) is 10.9.